The molecule has 134 valence electrons. The van der Waals surface area contributed by atoms with Gasteiger partial charge in [-0.25, -0.2) is 4.79 Å². The van der Waals surface area contributed by atoms with E-state index in [-0.39, 0.29) is 30.9 Å². The molecule has 0 aromatic heterocycles. The van der Waals surface area contributed by atoms with Crippen LogP contribution in [0.3, 0.4) is 0 Å². The topological polar surface area (TPSA) is 84.9 Å². The zero-order chi connectivity index (χ0) is 17.8. The van der Waals surface area contributed by atoms with Crippen LogP contribution < -0.4 is 10.2 Å². The predicted molar refractivity (Wildman–Crippen MR) is 90.2 cm³/mol. The number of esters is 1. The molecule has 7 nitrogen and oxygen atoms in total. The van der Waals surface area contributed by atoms with Crippen LogP contribution >= 0.6 is 0 Å². The molecule has 2 amide bonds. The van der Waals surface area contributed by atoms with Gasteiger partial charge in [-0.15, -0.1) is 0 Å². The molecule has 2 aliphatic rings. The lowest BCUT2D eigenvalue weighted by atomic mass is 10.1. The Morgan fingerprint density at radius 3 is 2.88 bits per heavy atom. The summed E-state index contributed by atoms with van der Waals surface area (Å²) in [5, 5.41) is 2.87. The maximum Gasteiger partial charge on any atom is 0.339 e. The van der Waals surface area contributed by atoms with Crippen molar-refractivity contribution in [1.82, 2.24) is 5.32 Å². The predicted octanol–water partition coefficient (Wildman–Crippen LogP) is 1.12. The molecule has 2 heterocycles. The Morgan fingerprint density at radius 1 is 1.36 bits per heavy atom. The van der Waals surface area contributed by atoms with Crippen molar-refractivity contribution in [3.8, 4) is 0 Å². The number of ether oxygens (including phenoxy) is 2. The fourth-order valence-electron chi connectivity index (χ4n) is 3.27. The van der Waals surface area contributed by atoms with Gasteiger partial charge in [-0.05, 0) is 25.0 Å². The largest absolute Gasteiger partial charge is 0.465 e. The third kappa shape index (κ3) is 3.82. The van der Waals surface area contributed by atoms with Gasteiger partial charge in [0.25, 0.3) is 0 Å². The van der Waals surface area contributed by atoms with Crippen LogP contribution in [-0.4, -0.2) is 50.7 Å². The van der Waals surface area contributed by atoms with Crippen molar-refractivity contribution in [1.29, 1.82) is 0 Å². The van der Waals surface area contributed by atoms with E-state index in [1.807, 2.05) is 0 Å². The van der Waals surface area contributed by atoms with E-state index in [0.717, 1.165) is 19.4 Å². The molecule has 1 aromatic rings. The Kier molecular flexibility index (Phi) is 5.33. The van der Waals surface area contributed by atoms with Crippen molar-refractivity contribution in [3.63, 3.8) is 0 Å². The molecule has 0 aliphatic carbocycles. The van der Waals surface area contributed by atoms with E-state index in [2.05, 4.69) is 5.32 Å². The second-order valence-electron chi connectivity index (χ2n) is 6.29. The van der Waals surface area contributed by atoms with Crippen LogP contribution in [0.15, 0.2) is 24.3 Å². The minimum atomic E-state index is -0.505. The van der Waals surface area contributed by atoms with E-state index in [9.17, 15) is 14.4 Å². The van der Waals surface area contributed by atoms with Gasteiger partial charge in [0.05, 0.1) is 30.4 Å². The molecule has 25 heavy (non-hydrogen) atoms. The van der Waals surface area contributed by atoms with Gasteiger partial charge in [0, 0.05) is 26.1 Å². The zero-order valence-electron chi connectivity index (χ0n) is 14.2. The second-order valence-corrected chi connectivity index (χ2v) is 6.29. The van der Waals surface area contributed by atoms with Crippen molar-refractivity contribution < 1.29 is 23.9 Å². The molecule has 2 atom stereocenters. The SMILES string of the molecule is COC(=O)c1ccccc1N1CC(C(=O)NCC2CCCO2)CC1=O. The smallest absolute Gasteiger partial charge is 0.339 e. The number of nitrogens with one attached hydrogen (secondary N) is 1. The Hall–Kier alpha value is -2.41. The van der Waals surface area contributed by atoms with E-state index in [4.69, 9.17) is 9.47 Å². The van der Waals surface area contributed by atoms with Crippen molar-refractivity contribution in [2.24, 2.45) is 5.92 Å². The first-order valence-electron chi connectivity index (χ1n) is 8.47. The molecule has 0 bridgehead atoms. The molecule has 0 spiro atoms. The molecule has 0 saturated carbocycles. The minimum absolute atomic E-state index is 0.0669. The van der Waals surface area contributed by atoms with Gasteiger partial charge in [-0.2, -0.15) is 0 Å². The minimum Gasteiger partial charge on any atom is -0.465 e. The normalized spacial score (nSPS) is 22.9. The highest BCUT2D eigenvalue weighted by Crippen LogP contribution is 2.28. The molecule has 7 heteroatoms. The van der Waals surface area contributed by atoms with Crippen molar-refractivity contribution in [2.45, 2.75) is 25.4 Å². The lowest BCUT2D eigenvalue weighted by Crippen LogP contribution is -2.37. The van der Waals surface area contributed by atoms with Gasteiger partial charge in [0.2, 0.25) is 11.8 Å². The zero-order valence-corrected chi connectivity index (χ0v) is 14.2. The number of nitrogens with zero attached hydrogens (tertiary/aromatic N) is 1. The molecule has 1 N–H and O–H groups in total. The van der Waals surface area contributed by atoms with Crippen molar-refractivity contribution in [3.05, 3.63) is 29.8 Å². The first-order valence-corrected chi connectivity index (χ1v) is 8.47. The Morgan fingerprint density at radius 2 is 2.16 bits per heavy atom. The maximum absolute atomic E-state index is 12.4. The van der Waals surface area contributed by atoms with Gasteiger partial charge in [0.1, 0.15) is 0 Å². The Labute approximate surface area is 146 Å². The van der Waals surface area contributed by atoms with Gasteiger partial charge in [-0.1, -0.05) is 12.1 Å². The average Bonchev–Trinajstić information content (AvgIpc) is 3.28. The van der Waals surface area contributed by atoms with E-state index in [0.29, 0.717) is 17.8 Å². The molecule has 2 aliphatic heterocycles. The van der Waals surface area contributed by atoms with Crippen LogP contribution in [0.5, 0.6) is 0 Å². The number of benzene rings is 1. The third-order valence-electron chi connectivity index (χ3n) is 4.62. The standard InChI is InChI=1S/C18H22N2O5/c1-24-18(23)14-6-2-3-7-15(14)20-11-12(9-16(20)21)17(22)19-10-13-5-4-8-25-13/h2-3,6-7,12-13H,4-5,8-11H2,1H3,(H,19,22). The Balaban J connectivity index is 1.66. The Bertz CT molecular complexity index is 669. The summed E-state index contributed by atoms with van der Waals surface area (Å²) in [7, 11) is 1.30. The van der Waals surface area contributed by atoms with E-state index in [1.165, 1.54) is 12.0 Å². The second kappa shape index (κ2) is 7.65. The average molecular weight is 346 g/mol. The van der Waals surface area contributed by atoms with Gasteiger partial charge in [-0.3, -0.25) is 9.59 Å². The summed E-state index contributed by atoms with van der Waals surface area (Å²) in [6.07, 6.45) is 2.16. The third-order valence-corrected chi connectivity index (χ3v) is 4.62. The monoisotopic (exact) mass is 346 g/mol. The number of hydrogen-bond acceptors (Lipinski definition) is 5. The van der Waals surface area contributed by atoms with Gasteiger partial charge >= 0.3 is 5.97 Å². The summed E-state index contributed by atoms with van der Waals surface area (Å²) >= 11 is 0. The number of amides is 2. The highest BCUT2D eigenvalue weighted by Gasteiger charge is 2.36. The van der Waals surface area contributed by atoms with Crippen molar-refractivity contribution in [2.75, 3.05) is 31.7 Å². The summed E-state index contributed by atoms with van der Waals surface area (Å²) in [5.74, 6) is -1.26. The molecule has 2 unspecified atom stereocenters. The molecule has 2 saturated heterocycles. The number of methoxy groups -OCH3 is 1. The molecule has 0 radical (unpaired) electrons. The summed E-state index contributed by atoms with van der Waals surface area (Å²) in [5.41, 5.74) is 0.799. The summed E-state index contributed by atoms with van der Waals surface area (Å²) in [6, 6.07) is 6.76. The van der Waals surface area contributed by atoms with Crippen LogP contribution in [0.25, 0.3) is 0 Å². The number of para-hydroxylation sites is 1. The maximum atomic E-state index is 12.4. The van der Waals surface area contributed by atoms with E-state index < -0.39 is 11.9 Å². The molecular weight excluding hydrogens is 324 g/mol. The lowest BCUT2D eigenvalue weighted by molar-refractivity contribution is -0.126. The van der Waals surface area contributed by atoms with Gasteiger partial charge in [0.15, 0.2) is 0 Å². The summed E-state index contributed by atoms with van der Waals surface area (Å²) in [6.45, 7) is 1.47. The number of carbonyl (C=O) groups is 3. The molecule has 2 fully saturated rings. The number of rotatable bonds is 5. The first-order chi connectivity index (χ1) is 12.1. The van der Waals surface area contributed by atoms with E-state index >= 15 is 0 Å². The van der Waals surface area contributed by atoms with Crippen LogP contribution in [0.4, 0.5) is 5.69 Å². The number of carbonyl (C=O) groups excluding carboxylic acids is 3. The van der Waals surface area contributed by atoms with E-state index in [1.54, 1.807) is 24.3 Å². The highest BCUT2D eigenvalue weighted by atomic mass is 16.5. The number of anilines is 1. The van der Waals surface area contributed by atoms with Crippen LogP contribution in [0.2, 0.25) is 0 Å². The number of hydrogen-bond donors (Lipinski definition) is 1. The van der Waals surface area contributed by atoms with Crippen LogP contribution in [0, 0.1) is 5.92 Å². The van der Waals surface area contributed by atoms with Gasteiger partial charge < -0.3 is 19.7 Å². The molecule has 1 aromatic carbocycles. The van der Waals surface area contributed by atoms with Crippen LogP contribution in [0.1, 0.15) is 29.6 Å². The summed E-state index contributed by atoms with van der Waals surface area (Å²) < 4.78 is 10.3. The molecular formula is C18H22N2O5. The summed E-state index contributed by atoms with van der Waals surface area (Å²) in [4.78, 5) is 38.1. The highest BCUT2D eigenvalue weighted by molar-refractivity contribution is 6.05. The first kappa shape index (κ1) is 17.4. The van der Waals surface area contributed by atoms with Crippen molar-refractivity contribution >= 4 is 23.5 Å². The molecule has 3 rings (SSSR count). The quantitative estimate of drug-likeness (QED) is 0.808. The van der Waals surface area contributed by atoms with Crippen LogP contribution in [-0.2, 0) is 19.1 Å². The fraction of sp³-hybridized carbons (Fsp3) is 0.500. The lowest BCUT2D eigenvalue weighted by Gasteiger charge is -2.19. The fourth-order valence-corrected chi connectivity index (χ4v) is 3.27.